The van der Waals surface area contributed by atoms with Gasteiger partial charge in [-0.1, -0.05) is 13.0 Å². The van der Waals surface area contributed by atoms with Crippen molar-refractivity contribution in [3.63, 3.8) is 0 Å². The van der Waals surface area contributed by atoms with Gasteiger partial charge in [-0.15, -0.1) is 0 Å². The number of fused-ring (bicyclic) bond motifs is 1. The SMILES string of the molecule is CC/C=C\c1nc(Nc2nc3c(c(=O)[nH]2)CCC3)nc(C)c1C. The normalized spacial score (nSPS) is 13.5. The van der Waals surface area contributed by atoms with Gasteiger partial charge >= 0.3 is 0 Å². The van der Waals surface area contributed by atoms with Crippen molar-refractivity contribution in [3.8, 4) is 0 Å². The van der Waals surface area contributed by atoms with E-state index in [1.54, 1.807) is 0 Å². The maximum atomic E-state index is 12.1. The second-order valence-corrected chi connectivity index (χ2v) is 5.77. The molecule has 0 unspecified atom stereocenters. The molecule has 0 saturated carbocycles. The summed E-state index contributed by atoms with van der Waals surface area (Å²) in [6, 6.07) is 0. The van der Waals surface area contributed by atoms with E-state index in [0.29, 0.717) is 11.9 Å². The third-order valence-corrected chi connectivity index (χ3v) is 4.11. The van der Waals surface area contributed by atoms with Crippen LogP contribution in [0.3, 0.4) is 0 Å². The molecule has 23 heavy (non-hydrogen) atoms. The second kappa shape index (κ2) is 6.32. The zero-order chi connectivity index (χ0) is 16.4. The van der Waals surface area contributed by atoms with Gasteiger partial charge in [0.25, 0.3) is 5.56 Å². The van der Waals surface area contributed by atoms with E-state index in [9.17, 15) is 4.79 Å². The first-order valence-corrected chi connectivity index (χ1v) is 7.99. The van der Waals surface area contributed by atoms with E-state index in [-0.39, 0.29) is 5.56 Å². The molecule has 0 bridgehead atoms. The van der Waals surface area contributed by atoms with Gasteiger partial charge in [-0.25, -0.2) is 15.0 Å². The summed E-state index contributed by atoms with van der Waals surface area (Å²) >= 11 is 0. The fourth-order valence-corrected chi connectivity index (χ4v) is 2.71. The van der Waals surface area contributed by atoms with Gasteiger partial charge in [0, 0.05) is 11.3 Å². The van der Waals surface area contributed by atoms with Crippen molar-refractivity contribution in [2.24, 2.45) is 0 Å². The average Bonchev–Trinajstić information content (AvgIpc) is 2.98. The van der Waals surface area contributed by atoms with Crippen LogP contribution in [0.4, 0.5) is 11.9 Å². The number of H-pyrrole nitrogens is 1. The lowest BCUT2D eigenvalue weighted by Crippen LogP contribution is -2.17. The summed E-state index contributed by atoms with van der Waals surface area (Å²) in [4.78, 5) is 28.3. The van der Waals surface area contributed by atoms with E-state index >= 15 is 0 Å². The molecule has 0 fully saturated rings. The van der Waals surface area contributed by atoms with Crippen molar-refractivity contribution in [1.29, 1.82) is 0 Å². The molecule has 0 atom stereocenters. The first-order chi connectivity index (χ1) is 11.1. The first kappa shape index (κ1) is 15.4. The van der Waals surface area contributed by atoms with Crippen LogP contribution < -0.4 is 10.9 Å². The molecule has 0 aromatic carbocycles. The Kier molecular flexibility index (Phi) is 4.23. The monoisotopic (exact) mass is 311 g/mol. The lowest BCUT2D eigenvalue weighted by Gasteiger charge is -2.09. The van der Waals surface area contributed by atoms with Gasteiger partial charge in [-0.3, -0.25) is 15.1 Å². The molecule has 2 heterocycles. The molecule has 0 radical (unpaired) electrons. The molecule has 3 rings (SSSR count). The average molecular weight is 311 g/mol. The molecule has 6 heteroatoms. The summed E-state index contributed by atoms with van der Waals surface area (Å²) in [7, 11) is 0. The van der Waals surface area contributed by atoms with Crippen LogP contribution >= 0.6 is 0 Å². The topological polar surface area (TPSA) is 83.6 Å². The molecule has 0 amide bonds. The molecular weight excluding hydrogens is 290 g/mol. The molecule has 2 aromatic heterocycles. The highest BCUT2D eigenvalue weighted by atomic mass is 16.1. The number of hydrogen-bond donors (Lipinski definition) is 2. The molecule has 1 aliphatic rings. The zero-order valence-corrected chi connectivity index (χ0v) is 13.7. The van der Waals surface area contributed by atoms with E-state index in [1.807, 2.05) is 19.9 Å². The molecule has 2 aromatic rings. The number of aryl methyl sites for hydroxylation is 2. The molecule has 2 N–H and O–H groups in total. The predicted molar refractivity (Wildman–Crippen MR) is 91.0 cm³/mol. The van der Waals surface area contributed by atoms with Crippen LogP contribution in [0, 0.1) is 13.8 Å². The number of nitrogens with zero attached hydrogens (tertiary/aromatic N) is 3. The minimum atomic E-state index is -0.0649. The van der Waals surface area contributed by atoms with Crippen LogP contribution in [0.5, 0.6) is 0 Å². The number of hydrogen-bond acceptors (Lipinski definition) is 5. The Labute approximate surface area is 135 Å². The number of anilines is 2. The first-order valence-electron chi connectivity index (χ1n) is 7.99. The van der Waals surface area contributed by atoms with Crippen molar-refractivity contribution >= 4 is 18.0 Å². The van der Waals surface area contributed by atoms with Gasteiger partial charge in [-0.05, 0) is 51.2 Å². The number of allylic oxidation sites excluding steroid dienone is 1. The van der Waals surface area contributed by atoms with Crippen molar-refractivity contribution < 1.29 is 0 Å². The van der Waals surface area contributed by atoms with E-state index < -0.39 is 0 Å². The Balaban J connectivity index is 1.94. The van der Waals surface area contributed by atoms with Gasteiger partial charge in [-0.2, -0.15) is 0 Å². The molecule has 6 nitrogen and oxygen atoms in total. The van der Waals surface area contributed by atoms with Crippen molar-refractivity contribution in [3.05, 3.63) is 44.6 Å². The Morgan fingerprint density at radius 3 is 2.83 bits per heavy atom. The van der Waals surface area contributed by atoms with Crippen molar-refractivity contribution in [2.75, 3.05) is 5.32 Å². The number of nitrogens with one attached hydrogen (secondary N) is 2. The lowest BCUT2D eigenvalue weighted by atomic mass is 10.2. The summed E-state index contributed by atoms with van der Waals surface area (Å²) in [5, 5.41) is 3.04. The molecule has 0 spiro atoms. The number of aromatic nitrogens is 4. The molecule has 1 aliphatic carbocycles. The lowest BCUT2D eigenvalue weighted by molar-refractivity contribution is 0.899. The van der Waals surface area contributed by atoms with Gasteiger partial charge in [0.05, 0.1) is 11.4 Å². The van der Waals surface area contributed by atoms with Gasteiger partial charge in [0.15, 0.2) is 0 Å². The van der Waals surface area contributed by atoms with Crippen molar-refractivity contribution in [2.45, 2.75) is 46.5 Å². The quantitative estimate of drug-likeness (QED) is 0.907. The summed E-state index contributed by atoms with van der Waals surface area (Å²) < 4.78 is 0. The van der Waals surface area contributed by atoms with Crippen LogP contribution in [-0.2, 0) is 12.8 Å². The largest absolute Gasteiger partial charge is 0.294 e. The van der Waals surface area contributed by atoms with E-state index in [2.05, 4.69) is 38.3 Å². The summed E-state index contributed by atoms with van der Waals surface area (Å²) in [6.45, 7) is 6.03. The molecular formula is C17H21N5O. The minimum Gasteiger partial charge on any atom is -0.294 e. The maximum absolute atomic E-state index is 12.1. The maximum Gasteiger partial charge on any atom is 0.255 e. The molecule has 0 saturated heterocycles. The Morgan fingerprint density at radius 1 is 1.22 bits per heavy atom. The van der Waals surface area contributed by atoms with Crippen LogP contribution in [0.25, 0.3) is 6.08 Å². The number of rotatable bonds is 4. The Morgan fingerprint density at radius 2 is 2.04 bits per heavy atom. The Bertz CT molecular complexity index is 822. The smallest absolute Gasteiger partial charge is 0.255 e. The highest BCUT2D eigenvalue weighted by Crippen LogP contribution is 2.19. The third-order valence-electron chi connectivity index (χ3n) is 4.11. The molecule has 0 aliphatic heterocycles. The fraction of sp³-hybridized carbons (Fsp3) is 0.412. The van der Waals surface area contributed by atoms with Crippen LogP contribution in [0.1, 0.15) is 48.0 Å². The summed E-state index contributed by atoms with van der Waals surface area (Å²) in [5.41, 5.74) is 4.46. The van der Waals surface area contributed by atoms with Crippen LogP contribution in [0.2, 0.25) is 0 Å². The summed E-state index contributed by atoms with van der Waals surface area (Å²) in [5.74, 6) is 0.856. The second-order valence-electron chi connectivity index (χ2n) is 5.77. The standard InChI is InChI=1S/C17H21N5O/c1-4-5-8-13-10(2)11(3)18-16(19-13)22-17-20-14-9-6-7-12(14)15(23)21-17/h5,8H,4,6-7,9H2,1-3H3,(H2,18,19,20,21,22,23)/b8-5-. The fourth-order valence-electron chi connectivity index (χ4n) is 2.71. The number of aromatic amines is 1. The van der Waals surface area contributed by atoms with E-state index in [0.717, 1.165) is 53.9 Å². The van der Waals surface area contributed by atoms with E-state index in [4.69, 9.17) is 0 Å². The highest BCUT2D eigenvalue weighted by Gasteiger charge is 2.17. The van der Waals surface area contributed by atoms with Crippen LogP contribution in [-0.4, -0.2) is 19.9 Å². The van der Waals surface area contributed by atoms with E-state index in [1.165, 1.54) is 0 Å². The highest BCUT2D eigenvalue weighted by molar-refractivity contribution is 5.54. The minimum absolute atomic E-state index is 0.0649. The van der Waals surface area contributed by atoms with Crippen LogP contribution in [0.15, 0.2) is 10.9 Å². The van der Waals surface area contributed by atoms with Gasteiger partial charge in [0.2, 0.25) is 11.9 Å². The zero-order valence-electron chi connectivity index (χ0n) is 13.7. The molecule has 120 valence electrons. The summed E-state index contributed by atoms with van der Waals surface area (Å²) in [6.07, 6.45) is 7.66. The predicted octanol–water partition coefficient (Wildman–Crippen LogP) is 2.83. The van der Waals surface area contributed by atoms with Gasteiger partial charge in [0.1, 0.15) is 0 Å². The van der Waals surface area contributed by atoms with Gasteiger partial charge < -0.3 is 0 Å². The Hall–Kier alpha value is -2.50. The van der Waals surface area contributed by atoms with Crippen molar-refractivity contribution in [1.82, 2.24) is 19.9 Å². The third kappa shape index (κ3) is 3.16.